The molecular weight excluding hydrogens is 162 g/mol. The molecule has 0 aromatic carbocycles. The molecule has 3 nitrogen and oxygen atoms in total. The zero-order valence-electron chi connectivity index (χ0n) is 9.01. The Labute approximate surface area is 81.7 Å². The van der Waals surface area contributed by atoms with Crippen LogP contribution >= 0.6 is 0 Å². The average Bonchev–Trinajstić information content (AvgIpc) is 2.09. The number of hydrogen-bond donors (Lipinski definition) is 1. The van der Waals surface area contributed by atoms with Crippen molar-refractivity contribution in [2.75, 3.05) is 27.2 Å². The summed E-state index contributed by atoms with van der Waals surface area (Å²) in [5.41, 5.74) is 0. The van der Waals surface area contributed by atoms with Crippen LogP contribution in [-0.2, 0) is 0 Å². The van der Waals surface area contributed by atoms with Crippen LogP contribution in [0.5, 0.6) is 0 Å². The SMILES string of the molecule is CC(CCN(C)C)NCCCC#N. The summed E-state index contributed by atoms with van der Waals surface area (Å²) in [4.78, 5) is 2.19. The van der Waals surface area contributed by atoms with Crippen molar-refractivity contribution < 1.29 is 0 Å². The maximum atomic E-state index is 8.32. The van der Waals surface area contributed by atoms with Gasteiger partial charge in [0.1, 0.15) is 0 Å². The number of nitriles is 1. The third-order valence-electron chi connectivity index (χ3n) is 1.97. The van der Waals surface area contributed by atoms with Crippen LogP contribution in [0, 0.1) is 11.3 Å². The standard InChI is InChI=1S/C10H21N3/c1-10(6-9-13(2)3)12-8-5-4-7-11/h10,12H,4-6,8-9H2,1-3H3. The van der Waals surface area contributed by atoms with Crippen LogP contribution in [0.15, 0.2) is 0 Å². The highest BCUT2D eigenvalue weighted by Crippen LogP contribution is 1.93. The molecule has 0 aromatic rings. The quantitative estimate of drug-likeness (QED) is 0.603. The summed E-state index contributed by atoms with van der Waals surface area (Å²) < 4.78 is 0. The summed E-state index contributed by atoms with van der Waals surface area (Å²) in [5, 5.41) is 11.7. The lowest BCUT2D eigenvalue weighted by Gasteiger charge is -2.16. The van der Waals surface area contributed by atoms with Crippen LogP contribution in [0.4, 0.5) is 0 Å². The van der Waals surface area contributed by atoms with Gasteiger partial charge in [0.25, 0.3) is 0 Å². The van der Waals surface area contributed by atoms with Gasteiger partial charge >= 0.3 is 0 Å². The minimum absolute atomic E-state index is 0.557. The monoisotopic (exact) mass is 183 g/mol. The third-order valence-corrected chi connectivity index (χ3v) is 1.97. The van der Waals surface area contributed by atoms with E-state index in [0.29, 0.717) is 12.5 Å². The molecule has 0 radical (unpaired) electrons. The summed E-state index contributed by atoms with van der Waals surface area (Å²) in [6.45, 7) is 4.27. The molecular formula is C10H21N3. The highest BCUT2D eigenvalue weighted by atomic mass is 15.1. The van der Waals surface area contributed by atoms with Crippen LogP contribution in [0.25, 0.3) is 0 Å². The predicted molar refractivity (Wildman–Crippen MR) is 55.5 cm³/mol. The minimum Gasteiger partial charge on any atom is -0.314 e. The predicted octanol–water partition coefficient (Wildman–Crippen LogP) is 1.22. The second kappa shape index (κ2) is 8.03. The van der Waals surface area contributed by atoms with Crippen molar-refractivity contribution >= 4 is 0 Å². The highest BCUT2D eigenvalue weighted by Gasteiger charge is 2.00. The number of nitrogens with zero attached hydrogens (tertiary/aromatic N) is 2. The third kappa shape index (κ3) is 9.32. The maximum Gasteiger partial charge on any atom is 0.0622 e. The lowest BCUT2D eigenvalue weighted by molar-refractivity contribution is 0.366. The van der Waals surface area contributed by atoms with Gasteiger partial charge in [-0.2, -0.15) is 5.26 Å². The molecule has 0 saturated heterocycles. The number of rotatable bonds is 7. The van der Waals surface area contributed by atoms with Gasteiger partial charge in [-0.1, -0.05) is 0 Å². The van der Waals surface area contributed by atoms with E-state index in [-0.39, 0.29) is 0 Å². The Bertz CT molecular complexity index is 149. The van der Waals surface area contributed by atoms with E-state index in [1.807, 2.05) is 0 Å². The topological polar surface area (TPSA) is 39.1 Å². The maximum absolute atomic E-state index is 8.32. The molecule has 76 valence electrons. The van der Waals surface area contributed by atoms with E-state index in [9.17, 15) is 0 Å². The zero-order chi connectivity index (χ0) is 10.1. The fourth-order valence-electron chi connectivity index (χ4n) is 1.07. The van der Waals surface area contributed by atoms with Crippen molar-refractivity contribution in [1.82, 2.24) is 10.2 Å². The Morgan fingerprint density at radius 1 is 1.46 bits per heavy atom. The smallest absolute Gasteiger partial charge is 0.0622 e. The lowest BCUT2D eigenvalue weighted by atomic mass is 10.2. The highest BCUT2D eigenvalue weighted by molar-refractivity contribution is 4.70. The van der Waals surface area contributed by atoms with Gasteiger partial charge in [0.15, 0.2) is 0 Å². The molecule has 0 aliphatic rings. The van der Waals surface area contributed by atoms with E-state index in [0.717, 1.165) is 19.5 Å². The molecule has 13 heavy (non-hydrogen) atoms. The Hall–Kier alpha value is -0.590. The summed E-state index contributed by atoms with van der Waals surface area (Å²) >= 11 is 0. The molecule has 0 rings (SSSR count). The second-order valence-electron chi connectivity index (χ2n) is 3.71. The van der Waals surface area contributed by atoms with Gasteiger partial charge in [-0.3, -0.25) is 0 Å². The fraction of sp³-hybridized carbons (Fsp3) is 0.900. The normalized spacial score (nSPS) is 12.8. The summed E-state index contributed by atoms with van der Waals surface area (Å²) in [5.74, 6) is 0. The lowest BCUT2D eigenvalue weighted by Crippen LogP contribution is -2.30. The van der Waals surface area contributed by atoms with Gasteiger partial charge < -0.3 is 10.2 Å². The van der Waals surface area contributed by atoms with Crippen molar-refractivity contribution in [3.63, 3.8) is 0 Å². The Kier molecular flexibility index (Phi) is 7.66. The molecule has 1 N–H and O–H groups in total. The van der Waals surface area contributed by atoms with Crippen LogP contribution in [0.1, 0.15) is 26.2 Å². The molecule has 0 spiro atoms. The summed E-state index contributed by atoms with van der Waals surface area (Å²) in [6.07, 6.45) is 2.79. The molecule has 0 bridgehead atoms. The van der Waals surface area contributed by atoms with Crippen LogP contribution in [-0.4, -0.2) is 38.1 Å². The number of hydrogen-bond acceptors (Lipinski definition) is 3. The molecule has 3 heteroatoms. The second-order valence-corrected chi connectivity index (χ2v) is 3.71. The largest absolute Gasteiger partial charge is 0.314 e. The van der Waals surface area contributed by atoms with Gasteiger partial charge in [0.2, 0.25) is 0 Å². The van der Waals surface area contributed by atoms with E-state index in [1.165, 1.54) is 6.42 Å². The summed E-state index contributed by atoms with van der Waals surface area (Å²) in [7, 11) is 4.17. The Morgan fingerprint density at radius 3 is 2.69 bits per heavy atom. The van der Waals surface area contributed by atoms with E-state index in [1.54, 1.807) is 0 Å². The van der Waals surface area contributed by atoms with Crippen molar-refractivity contribution in [1.29, 1.82) is 5.26 Å². The fourth-order valence-corrected chi connectivity index (χ4v) is 1.07. The van der Waals surface area contributed by atoms with E-state index in [2.05, 4.69) is 37.3 Å². The molecule has 0 aliphatic carbocycles. The Morgan fingerprint density at radius 2 is 2.15 bits per heavy atom. The van der Waals surface area contributed by atoms with E-state index < -0.39 is 0 Å². The number of nitrogens with one attached hydrogen (secondary N) is 1. The molecule has 1 unspecified atom stereocenters. The molecule has 0 amide bonds. The molecule has 0 fully saturated rings. The van der Waals surface area contributed by atoms with Crippen LogP contribution in [0.2, 0.25) is 0 Å². The first-order valence-corrected chi connectivity index (χ1v) is 4.92. The van der Waals surface area contributed by atoms with Gasteiger partial charge in [0.05, 0.1) is 6.07 Å². The van der Waals surface area contributed by atoms with Crippen molar-refractivity contribution in [3.05, 3.63) is 0 Å². The van der Waals surface area contributed by atoms with E-state index >= 15 is 0 Å². The van der Waals surface area contributed by atoms with Crippen molar-refractivity contribution in [2.24, 2.45) is 0 Å². The van der Waals surface area contributed by atoms with Gasteiger partial charge in [-0.05, 0) is 47.0 Å². The van der Waals surface area contributed by atoms with Crippen molar-refractivity contribution in [3.8, 4) is 6.07 Å². The van der Waals surface area contributed by atoms with E-state index in [4.69, 9.17) is 5.26 Å². The first kappa shape index (κ1) is 12.4. The van der Waals surface area contributed by atoms with Gasteiger partial charge in [-0.15, -0.1) is 0 Å². The molecule has 0 heterocycles. The first-order chi connectivity index (χ1) is 6.16. The van der Waals surface area contributed by atoms with Crippen LogP contribution in [0.3, 0.4) is 0 Å². The van der Waals surface area contributed by atoms with Gasteiger partial charge in [0, 0.05) is 12.5 Å². The van der Waals surface area contributed by atoms with Crippen LogP contribution < -0.4 is 5.32 Å². The molecule has 0 saturated carbocycles. The van der Waals surface area contributed by atoms with Crippen molar-refractivity contribution in [2.45, 2.75) is 32.2 Å². The minimum atomic E-state index is 0.557. The molecule has 0 aliphatic heterocycles. The molecule has 1 atom stereocenters. The zero-order valence-corrected chi connectivity index (χ0v) is 9.01. The molecule has 0 aromatic heterocycles. The van der Waals surface area contributed by atoms with Gasteiger partial charge in [-0.25, -0.2) is 0 Å². The summed E-state index contributed by atoms with van der Waals surface area (Å²) in [6, 6.07) is 2.70. The number of unbranched alkanes of at least 4 members (excludes halogenated alkanes) is 1. The average molecular weight is 183 g/mol. The Balaban J connectivity index is 3.21. The first-order valence-electron chi connectivity index (χ1n) is 4.92.